The quantitative estimate of drug-likeness (QED) is 0.573. The van der Waals surface area contributed by atoms with Gasteiger partial charge in [-0.05, 0) is 48.0 Å². The number of hydrogen-bond acceptors (Lipinski definition) is 5. The summed E-state index contributed by atoms with van der Waals surface area (Å²) in [6.45, 7) is 3.47. The van der Waals surface area contributed by atoms with E-state index in [1.54, 1.807) is 12.1 Å². The number of likely N-dealkylation sites (tertiary alicyclic amines) is 1. The number of hydrogen-bond donors (Lipinski definition) is 0. The Morgan fingerprint density at radius 1 is 1.47 bits per heavy atom. The average Bonchev–Trinajstić information content (AvgIpc) is 2.82. The summed E-state index contributed by atoms with van der Waals surface area (Å²) in [7, 11) is 0. The predicted octanol–water partition coefficient (Wildman–Crippen LogP) is 1.46. The Hall–Kier alpha value is -1.69. The van der Waals surface area contributed by atoms with Gasteiger partial charge in [-0.3, -0.25) is 4.90 Å². The number of nitro groups is 1. The van der Waals surface area contributed by atoms with Crippen LogP contribution in [0.3, 0.4) is 0 Å². The maximum Gasteiger partial charge on any atom is 0.406 e. The third-order valence-electron chi connectivity index (χ3n) is 2.79. The maximum absolute atomic E-state index is 10.7. The number of pyridine rings is 1. The molecule has 1 saturated heterocycles. The van der Waals surface area contributed by atoms with Crippen LogP contribution < -0.4 is 4.74 Å². The molecular weight excluding hydrogens is 222 g/mol. The van der Waals surface area contributed by atoms with E-state index in [-0.39, 0.29) is 11.6 Å². The lowest BCUT2D eigenvalue weighted by molar-refractivity contribution is -0.390. The maximum atomic E-state index is 10.7. The number of aromatic nitrogens is 1. The van der Waals surface area contributed by atoms with E-state index < -0.39 is 4.92 Å². The predicted molar refractivity (Wildman–Crippen MR) is 62.1 cm³/mol. The Morgan fingerprint density at radius 2 is 2.24 bits per heavy atom. The van der Waals surface area contributed by atoms with Gasteiger partial charge in [0, 0.05) is 6.54 Å². The summed E-state index contributed by atoms with van der Waals surface area (Å²) >= 11 is 0. The Balaban J connectivity index is 1.87. The minimum atomic E-state index is -0.523. The van der Waals surface area contributed by atoms with Crippen LogP contribution in [0.1, 0.15) is 12.8 Å². The molecule has 0 saturated carbocycles. The van der Waals surface area contributed by atoms with Crippen molar-refractivity contribution in [2.45, 2.75) is 12.8 Å². The summed E-state index contributed by atoms with van der Waals surface area (Å²) in [6, 6.07) is 3.22. The van der Waals surface area contributed by atoms with Crippen LogP contribution in [0.25, 0.3) is 0 Å². The Labute approximate surface area is 99.4 Å². The Morgan fingerprint density at radius 3 is 2.94 bits per heavy atom. The zero-order chi connectivity index (χ0) is 12.1. The zero-order valence-corrected chi connectivity index (χ0v) is 9.54. The molecule has 92 valence electrons. The van der Waals surface area contributed by atoms with E-state index in [2.05, 4.69) is 9.88 Å². The van der Waals surface area contributed by atoms with Crippen molar-refractivity contribution in [2.24, 2.45) is 0 Å². The van der Waals surface area contributed by atoms with Crippen LogP contribution in [0.15, 0.2) is 18.3 Å². The van der Waals surface area contributed by atoms with Gasteiger partial charge in [-0.25, -0.2) is 0 Å². The molecule has 0 amide bonds. The van der Waals surface area contributed by atoms with Crippen LogP contribution in [-0.4, -0.2) is 41.0 Å². The van der Waals surface area contributed by atoms with Crippen molar-refractivity contribution in [3.8, 4) is 5.75 Å². The molecule has 0 atom stereocenters. The fraction of sp³-hybridized carbons (Fsp3) is 0.545. The van der Waals surface area contributed by atoms with E-state index in [1.165, 1.54) is 19.0 Å². The number of ether oxygens (including phenoxy) is 1. The third kappa shape index (κ3) is 3.13. The van der Waals surface area contributed by atoms with Crippen molar-refractivity contribution in [3.05, 3.63) is 28.4 Å². The second-order valence-corrected chi connectivity index (χ2v) is 3.98. The van der Waals surface area contributed by atoms with E-state index in [0.29, 0.717) is 6.61 Å². The minimum Gasteiger partial charge on any atom is -0.484 e. The molecule has 0 aliphatic carbocycles. The molecule has 17 heavy (non-hydrogen) atoms. The second-order valence-electron chi connectivity index (χ2n) is 3.98. The molecular formula is C11H15N3O3. The number of rotatable bonds is 5. The van der Waals surface area contributed by atoms with Gasteiger partial charge in [-0.2, -0.15) is 0 Å². The van der Waals surface area contributed by atoms with Crippen LogP contribution in [0.5, 0.6) is 5.75 Å². The number of nitrogens with zero attached hydrogens (tertiary/aromatic N) is 3. The first kappa shape index (κ1) is 11.8. The first-order chi connectivity index (χ1) is 8.27. The van der Waals surface area contributed by atoms with Crippen LogP contribution in [-0.2, 0) is 0 Å². The third-order valence-corrected chi connectivity index (χ3v) is 2.79. The minimum absolute atomic E-state index is 0.214. The van der Waals surface area contributed by atoms with Crippen molar-refractivity contribution in [1.29, 1.82) is 0 Å². The van der Waals surface area contributed by atoms with E-state index in [0.717, 1.165) is 19.6 Å². The molecule has 0 bridgehead atoms. The van der Waals surface area contributed by atoms with Gasteiger partial charge in [-0.1, -0.05) is 0 Å². The molecule has 1 aliphatic rings. The van der Waals surface area contributed by atoms with Crippen molar-refractivity contribution in [2.75, 3.05) is 26.2 Å². The van der Waals surface area contributed by atoms with E-state index in [1.807, 2.05) is 0 Å². The zero-order valence-electron chi connectivity index (χ0n) is 9.54. The van der Waals surface area contributed by atoms with E-state index in [9.17, 15) is 10.1 Å². The second kappa shape index (κ2) is 5.58. The molecule has 1 aromatic heterocycles. The summed E-state index contributed by atoms with van der Waals surface area (Å²) in [5, 5.41) is 10.7. The van der Waals surface area contributed by atoms with Gasteiger partial charge in [-0.15, -0.1) is 0 Å². The average molecular weight is 237 g/mol. The monoisotopic (exact) mass is 237 g/mol. The van der Waals surface area contributed by atoms with Crippen molar-refractivity contribution in [1.82, 2.24) is 9.88 Å². The van der Waals surface area contributed by atoms with E-state index >= 15 is 0 Å². The van der Waals surface area contributed by atoms with E-state index in [4.69, 9.17) is 4.74 Å². The van der Waals surface area contributed by atoms with Gasteiger partial charge in [0.2, 0.25) is 5.75 Å². The summed E-state index contributed by atoms with van der Waals surface area (Å²) in [4.78, 5) is 16.2. The highest BCUT2D eigenvalue weighted by Gasteiger charge is 2.16. The van der Waals surface area contributed by atoms with Crippen molar-refractivity contribution < 1.29 is 9.66 Å². The highest BCUT2D eigenvalue weighted by Crippen LogP contribution is 2.22. The van der Waals surface area contributed by atoms with Gasteiger partial charge < -0.3 is 14.9 Å². The molecule has 0 radical (unpaired) electrons. The molecule has 0 N–H and O–H groups in total. The van der Waals surface area contributed by atoms with Crippen LogP contribution >= 0.6 is 0 Å². The summed E-state index contributed by atoms with van der Waals surface area (Å²) < 4.78 is 5.41. The van der Waals surface area contributed by atoms with Crippen LogP contribution in [0.2, 0.25) is 0 Å². The normalized spacial score (nSPS) is 16.0. The summed E-state index contributed by atoms with van der Waals surface area (Å²) in [5.41, 5.74) is 0. The summed E-state index contributed by atoms with van der Waals surface area (Å²) in [6.07, 6.45) is 3.85. The lowest BCUT2D eigenvalue weighted by Crippen LogP contribution is -2.25. The highest BCUT2D eigenvalue weighted by molar-refractivity contribution is 5.38. The molecule has 6 nitrogen and oxygen atoms in total. The molecule has 0 aromatic carbocycles. The van der Waals surface area contributed by atoms with Gasteiger partial charge in [0.05, 0.1) is 0 Å². The standard InChI is InChI=1S/C11H15N3O3/c15-14(16)11-10(4-3-5-12-11)17-9-8-13-6-1-2-7-13/h3-5H,1-2,6-9H2. The largest absolute Gasteiger partial charge is 0.484 e. The molecule has 1 aromatic rings. The van der Waals surface area contributed by atoms with Crippen molar-refractivity contribution >= 4 is 5.82 Å². The first-order valence-corrected chi connectivity index (χ1v) is 5.72. The topological polar surface area (TPSA) is 68.5 Å². The van der Waals surface area contributed by atoms with Crippen molar-refractivity contribution in [3.63, 3.8) is 0 Å². The molecule has 1 fully saturated rings. The molecule has 6 heteroatoms. The lowest BCUT2D eigenvalue weighted by Gasteiger charge is -2.14. The molecule has 1 aliphatic heterocycles. The van der Waals surface area contributed by atoms with Crippen LogP contribution in [0.4, 0.5) is 5.82 Å². The lowest BCUT2D eigenvalue weighted by atomic mass is 10.4. The molecule has 0 unspecified atom stereocenters. The smallest absolute Gasteiger partial charge is 0.406 e. The Kier molecular flexibility index (Phi) is 3.87. The highest BCUT2D eigenvalue weighted by atomic mass is 16.6. The molecule has 2 rings (SSSR count). The fourth-order valence-electron chi connectivity index (χ4n) is 1.92. The fourth-order valence-corrected chi connectivity index (χ4v) is 1.92. The molecule has 2 heterocycles. The Bertz CT molecular complexity index is 391. The van der Waals surface area contributed by atoms with Gasteiger partial charge >= 0.3 is 5.82 Å². The molecule has 0 spiro atoms. The van der Waals surface area contributed by atoms with Crippen LogP contribution in [0, 0.1) is 10.1 Å². The van der Waals surface area contributed by atoms with Gasteiger partial charge in [0.1, 0.15) is 12.8 Å². The SMILES string of the molecule is O=[N+]([O-])c1ncccc1OCCN1CCCC1. The first-order valence-electron chi connectivity index (χ1n) is 5.72. The summed E-state index contributed by atoms with van der Waals surface area (Å²) in [5.74, 6) is 0.0330. The van der Waals surface area contributed by atoms with Gasteiger partial charge in [0.15, 0.2) is 0 Å². The van der Waals surface area contributed by atoms with Gasteiger partial charge in [0.25, 0.3) is 0 Å².